The minimum absolute atomic E-state index is 0.915. The molecule has 0 N–H and O–H groups in total. The van der Waals surface area contributed by atoms with Gasteiger partial charge < -0.3 is 4.90 Å². The van der Waals surface area contributed by atoms with Gasteiger partial charge in [0.15, 0.2) is 0 Å². The smallest absolute Gasteiger partial charge is 0.0159 e. The summed E-state index contributed by atoms with van der Waals surface area (Å²) in [6.45, 7) is 6.44. The van der Waals surface area contributed by atoms with Crippen molar-refractivity contribution in [1.82, 2.24) is 9.80 Å². The van der Waals surface area contributed by atoms with Gasteiger partial charge in [0.25, 0.3) is 0 Å². The summed E-state index contributed by atoms with van der Waals surface area (Å²) in [6, 6.07) is 0.915. The zero-order chi connectivity index (χ0) is 11.2. The third-order valence-electron chi connectivity index (χ3n) is 4.11. The zero-order valence-corrected chi connectivity index (χ0v) is 11.9. The molecule has 1 saturated carbocycles. The maximum Gasteiger partial charge on any atom is 0.0159 e. The molecule has 16 heavy (non-hydrogen) atoms. The summed E-state index contributed by atoms with van der Waals surface area (Å²) in [5.41, 5.74) is 0. The molecule has 0 aromatic rings. The van der Waals surface area contributed by atoms with Crippen LogP contribution in [0.15, 0.2) is 0 Å². The lowest BCUT2D eigenvalue weighted by molar-refractivity contribution is 0.160. The second-order valence-electron chi connectivity index (χ2n) is 5.21. The Morgan fingerprint density at radius 3 is 2.44 bits per heavy atom. The maximum atomic E-state index is 3.55. The largest absolute Gasteiger partial charge is 0.301 e. The SMILES string of the molecule is BrCCN1CCCN(C2CCCCC2)CC1. The fourth-order valence-electron chi connectivity index (χ4n) is 3.15. The summed E-state index contributed by atoms with van der Waals surface area (Å²) in [5, 5.41) is 1.12. The van der Waals surface area contributed by atoms with Crippen LogP contribution in [0, 0.1) is 0 Å². The van der Waals surface area contributed by atoms with E-state index in [-0.39, 0.29) is 0 Å². The molecule has 1 aliphatic heterocycles. The molecule has 2 fully saturated rings. The average Bonchev–Trinajstić information content (AvgIpc) is 2.57. The van der Waals surface area contributed by atoms with Gasteiger partial charge in [-0.1, -0.05) is 35.2 Å². The van der Waals surface area contributed by atoms with Crippen LogP contribution in [0.5, 0.6) is 0 Å². The zero-order valence-electron chi connectivity index (χ0n) is 10.3. The van der Waals surface area contributed by atoms with Crippen LogP contribution in [-0.2, 0) is 0 Å². The lowest BCUT2D eigenvalue weighted by atomic mass is 9.94. The van der Waals surface area contributed by atoms with Gasteiger partial charge in [0, 0.05) is 31.0 Å². The minimum atomic E-state index is 0.915. The monoisotopic (exact) mass is 288 g/mol. The van der Waals surface area contributed by atoms with Gasteiger partial charge in [-0.05, 0) is 32.4 Å². The number of rotatable bonds is 3. The molecule has 0 atom stereocenters. The van der Waals surface area contributed by atoms with Crippen molar-refractivity contribution in [3.8, 4) is 0 Å². The third-order valence-corrected chi connectivity index (χ3v) is 4.47. The predicted octanol–water partition coefficient (Wildman–Crippen LogP) is 2.72. The van der Waals surface area contributed by atoms with Crippen LogP contribution >= 0.6 is 15.9 Å². The van der Waals surface area contributed by atoms with Crippen LogP contribution < -0.4 is 0 Å². The van der Waals surface area contributed by atoms with Gasteiger partial charge in [-0.2, -0.15) is 0 Å². The molecule has 0 unspecified atom stereocenters. The molecule has 1 aliphatic carbocycles. The van der Waals surface area contributed by atoms with Crippen LogP contribution in [-0.4, -0.2) is 53.9 Å². The topological polar surface area (TPSA) is 6.48 Å². The fourth-order valence-corrected chi connectivity index (χ4v) is 3.65. The standard InChI is InChI=1S/C13H25BrN2/c14-7-10-15-8-4-9-16(12-11-15)13-5-2-1-3-6-13/h13H,1-12H2. The molecule has 0 aromatic carbocycles. The number of hydrogen-bond donors (Lipinski definition) is 0. The van der Waals surface area contributed by atoms with E-state index in [4.69, 9.17) is 0 Å². The number of alkyl halides is 1. The highest BCUT2D eigenvalue weighted by atomic mass is 79.9. The first-order valence-corrected chi connectivity index (χ1v) is 8.04. The van der Waals surface area contributed by atoms with Crippen molar-refractivity contribution in [3.05, 3.63) is 0 Å². The molecule has 0 aromatic heterocycles. The van der Waals surface area contributed by atoms with Crippen LogP contribution in [0.3, 0.4) is 0 Å². The number of halogens is 1. The van der Waals surface area contributed by atoms with Gasteiger partial charge in [-0.25, -0.2) is 0 Å². The van der Waals surface area contributed by atoms with Crippen molar-refractivity contribution in [2.75, 3.05) is 38.1 Å². The van der Waals surface area contributed by atoms with Crippen molar-refractivity contribution < 1.29 is 0 Å². The first-order valence-electron chi connectivity index (χ1n) is 6.92. The molecule has 3 heteroatoms. The van der Waals surface area contributed by atoms with E-state index in [1.165, 1.54) is 71.2 Å². The summed E-state index contributed by atoms with van der Waals surface area (Å²) >= 11 is 3.55. The Hall–Kier alpha value is 0.400. The van der Waals surface area contributed by atoms with Crippen molar-refractivity contribution in [2.24, 2.45) is 0 Å². The highest BCUT2D eigenvalue weighted by Gasteiger charge is 2.23. The summed E-state index contributed by atoms with van der Waals surface area (Å²) in [4.78, 5) is 5.38. The minimum Gasteiger partial charge on any atom is -0.301 e. The molecule has 94 valence electrons. The Labute approximate surface area is 108 Å². The molecule has 0 amide bonds. The summed E-state index contributed by atoms with van der Waals surface area (Å²) < 4.78 is 0. The number of nitrogens with zero attached hydrogens (tertiary/aromatic N) is 2. The second-order valence-corrected chi connectivity index (χ2v) is 6.00. The first-order chi connectivity index (χ1) is 7.90. The summed E-state index contributed by atoms with van der Waals surface area (Å²) in [6.07, 6.45) is 8.68. The van der Waals surface area contributed by atoms with Crippen molar-refractivity contribution in [2.45, 2.75) is 44.6 Å². The second kappa shape index (κ2) is 6.97. The molecule has 1 heterocycles. The fraction of sp³-hybridized carbons (Fsp3) is 1.00. The summed E-state index contributed by atoms with van der Waals surface area (Å²) in [7, 11) is 0. The first kappa shape index (κ1) is 12.8. The van der Waals surface area contributed by atoms with E-state index in [2.05, 4.69) is 25.7 Å². The lowest BCUT2D eigenvalue weighted by Crippen LogP contribution is -2.39. The van der Waals surface area contributed by atoms with Crippen molar-refractivity contribution in [1.29, 1.82) is 0 Å². The van der Waals surface area contributed by atoms with Gasteiger partial charge in [0.05, 0.1) is 0 Å². The van der Waals surface area contributed by atoms with E-state index in [0.29, 0.717) is 0 Å². The van der Waals surface area contributed by atoms with E-state index in [9.17, 15) is 0 Å². The third kappa shape index (κ3) is 3.71. The lowest BCUT2D eigenvalue weighted by Gasteiger charge is -2.33. The van der Waals surface area contributed by atoms with E-state index < -0.39 is 0 Å². The van der Waals surface area contributed by atoms with Crippen molar-refractivity contribution >= 4 is 15.9 Å². The van der Waals surface area contributed by atoms with Crippen molar-refractivity contribution in [3.63, 3.8) is 0 Å². The van der Waals surface area contributed by atoms with Crippen LogP contribution in [0.25, 0.3) is 0 Å². The molecule has 1 saturated heterocycles. The molecule has 2 rings (SSSR count). The van der Waals surface area contributed by atoms with Gasteiger partial charge in [-0.15, -0.1) is 0 Å². The molecule has 0 bridgehead atoms. The van der Waals surface area contributed by atoms with Crippen LogP contribution in [0.1, 0.15) is 38.5 Å². The Balaban J connectivity index is 1.78. The van der Waals surface area contributed by atoms with Crippen LogP contribution in [0.2, 0.25) is 0 Å². The van der Waals surface area contributed by atoms with Crippen LogP contribution in [0.4, 0.5) is 0 Å². The quantitative estimate of drug-likeness (QED) is 0.737. The van der Waals surface area contributed by atoms with Gasteiger partial charge in [0.2, 0.25) is 0 Å². The van der Waals surface area contributed by atoms with E-state index in [0.717, 1.165) is 11.4 Å². The molecular formula is C13H25BrN2. The van der Waals surface area contributed by atoms with E-state index in [1.54, 1.807) is 0 Å². The molecule has 0 radical (unpaired) electrons. The molecule has 0 spiro atoms. The Kier molecular flexibility index (Phi) is 5.60. The van der Waals surface area contributed by atoms with Gasteiger partial charge in [-0.3, -0.25) is 4.90 Å². The van der Waals surface area contributed by atoms with E-state index in [1.807, 2.05) is 0 Å². The molecular weight excluding hydrogens is 264 g/mol. The molecule has 2 nitrogen and oxygen atoms in total. The highest BCUT2D eigenvalue weighted by Crippen LogP contribution is 2.23. The Morgan fingerprint density at radius 1 is 0.875 bits per heavy atom. The van der Waals surface area contributed by atoms with Gasteiger partial charge >= 0.3 is 0 Å². The maximum absolute atomic E-state index is 3.55. The van der Waals surface area contributed by atoms with Gasteiger partial charge in [0.1, 0.15) is 0 Å². The highest BCUT2D eigenvalue weighted by molar-refractivity contribution is 9.09. The molecule has 2 aliphatic rings. The Morgan fingerprint density at radius 2 is 1.69 bits per heavy atom. The normalized spacial score (nSPS) is 26.8. The Bertz CT molecular complexity index is 192. The predicted molar refractivity (Wildman–Crippen MR) is 73.3 cm³/mol. The average molecular weight is 289 g/mol. The van der Waals surface area contributed by atoms with E-state index >= 15 is 0 Å². The summed E-state index contributed by atoms with van der Waals surface area (Å²) in [5.74, 6) is 0. The number of hydrogen-bond acceptors (Lipinski definition) is 2.